The molecule has 0 aliphatic heterocycles. The molecule has 154 valence electrons. The van der Waals surface area contributed by atoms with Gasteiger partial charge in [-0.15, -0.1) is 0 Å². The minimum Gasteiger partial charge on any atom is -0.307 e. The molecule has 1 saturated carbocycles. The van der Waals surface area contributed by atoms with Crippen LogP contribution < -0.4 is 5.32 Å². The van der Waals surface area contributed by atoms with Gasteiger partial charge in [-0.2, -0.15) is 0 Å². The zero-order valence-corrected chi connectivity index (χ0v) is 16.3. The first-order valence-corrected chi connectivity index (χ1v) is 10.8. The summed E-state index contributed by atoms with van der Waals surface area (Å²) in [7, 11) is -3.42. The quantitative estimate of drug-likeness (QED) is 0.742. The Kier molecular flexibility index (Phi) is 6.07. The van der Waals surface area contributed by atoms with E-state index in [2.05, 4.69) is 10.3 Å². The van der Waals surface area contributed by atoms with E-state index < -0.39 is 39.8 Å². The van der Waals surface area contributed by atoms with Gasteiger partial charge in [0.15, 0.2) is 9.84 Å². The highest BCUT2D eigenvalue weighted by atomic mass is 32.2. The largest absolute Gasteiger partial charge is 0.307 e. The highest BCUT2D eigenvalue weighted by Crippen LogP contribution is 2.34. The van der Waals surface area contributed by atoms with Crippen LogP contribution in [0.15, 0.2) is 53.6 Å². The Morgan fingerprint density at radius 1 is 1.10 bits per heavy atom. The lowest BCUT2D eigenvalue weighted by Gasteiger charge is -2.12. The van der Waals surface area contributed by atoms with E-state index in [4.69, 9.17) is 0 Å². The lowest BCUT2D eigenvalue weighted by Crippen LogP contribution is -2.15. The topological polar surface area (TPSA) is 76.1 Å². The van der Waals surface area contributed by atoms with Gasteiger partial charge in [-0.3, -0.25) is 4.79 Å². The molecule has 1 amide bonds. The van der Waals surface area contributed by atoms with E-state index in [1.807, 2.05) is 0 Å². The maximum absolute atomic E-state index is 13.6. The third kappa shape index (κ3) is 5.23. The molecule has 0 saturated heterocycles. The van der Waals surface area contributed by atoms with E-state index in [-0.39, 0.29) is 29.1 Å². The average molecular weight is 424 g/mol. The summed E-state index contributed by atoms with van der Waals surface area (Å²) in [6.07, 6.45) is 0.215. The molecule has 0 spiro atoms. The summed E-state index contributed by atoms with van der Waals surface area (Å²) in [5, 5.41) is 2.52. The first kappa shape index (κ1) is 21.0. The number of pyridine rings is 1. The molecule has 3 rings (SSSR count). The fraction of sp³-hybridized carbons (Fsp3) is 0.300. The molecule has 1 heterocycles. The Labute approximate surface area is 166 Å². The predicted octanol–water partition coefficient (Wildman–Crippen LogP) is 3.73. The van der Waals surface area contributed by atoms with Gasteiger partial charge < -0.3 is 5.32 Å². The van der Waals surface area contributed by atoms with E-state index >= 15 is 0 Å². The number of nitrogens with one attached hydrogen (secondary N) is 1. The van der Waals surface area contributed by atoms with Crippen LogP contribution in [-0.4, -0.2) is 37.9 Å². The van der Waals surface area contributed by atoms with Gasteiger partial charge >= 0.3 is 0 Å². The minimum absolute atomic E-state index is 0.0475. The van der Waals surface area contributed by atoms with Gasteiger partial charge in [0.05, 0.1) is 11.1 Å². The molecule has 1 aliphatic carbocycles. The average Bonchev–Trinajstić information content (AvgIpc) is 2.98. The van der Waals surface area contributed by atoms with Gasteiger partial charge in [-0.25, -0.2) is 26.6 Å². The van der Waals surface area contributed by atoms with Crippen LogP contribution in [0.25, 0.3) is 5.57 Å². The van der Waals surface area contributed by atoms with Crippen LogP contribution in [0, 0.1) is 11.7 Å². The Morgan fingerprint density at radius 2 is 1.72 bits per heavy atom. The number of hydrogen-bond acceptors (Lipinski definition) is 4. The van der Waals surface area contributed by atoms with Crippen LogP contribution >= 0.6 is 0 Å². The summed E-state index contributed by atoms with van der Waals surface area (Å²) >= 11 is 0. The maximum Gasteiger partial charge on any atom is 0.257 e. The fourth-order valence-electron chi connectivity index (χ4n) is 3.16. The normalized spacial score (nSPS) is 22.5. The molecule has 0 radical (unpaired) electrons. The van der Waals surface area contributed by atoms with Crippen molar-refractivity contribution in [3.05, 3.63) is 60.1 Å². The van der Waals surface area contributed by atoms with Crippen molar-refractivity contribution >= 4 is 27.1 Å². The zero-order chi connectivity index (χ0) is 21.2. The van der Waals surface area contributed by atoms with Crippen molar-refractivity contribution in [3.63, 3.8) is 0 Å². The molecule has 1 fully saturated rings. The van der Waals surface area contributed by atoms with Crippen LogP contribution in [0.3, 0.4) is 0 Å². The number of carbonyl (C=O) groups excluding carboxylic acids is 1. The predicted molar refractivity (Wildman–Crippen MR) is 103 cm³/mol. The Morgan fingerprint density at radius 3 is 2.24 bits per heavy atom. The number of carbonyl (C=O) groups is 1. The summed E-state index contributed by atoms with van der Waals surface area (Å²) < 4.78 is 63.5. The van der Waals surface area contributed by atoms with Crippen molar-refractivity contribution in [2.75, 3.05) is 11.6 Å². The molecule has 1 aromatic carbocycles. The number of nitrogens with zero attached hydrogens (tertiary/aromatic N) is 1. The molecular formula is C20H19F3N2O3S. The lowest BCUT2D eigenvalue weighted by atomic mass is 9.98. The van der Waals surface area contributed by atoms with Crippen LogP contribution in [0.5, 0.6) is 0 Å². The Balaban J connectivity index is 1.93. The van der Waals surface area contributed by atoms with Crippen molar-refractivity contribution in [1.29, 1.82) is 0 Å². The van der Waals surface area contributed by atoms with Crippen molar-refractivity contribution in [2.24, 2.45) is 5.92 Å². The van der Waals surface area contributed by atoms with E-state index in [0.29, 0.717) is 5.56 Å². The van der Waals surface area contributed by atoms with Gasteiger partial charge in [-0.1, -0.05) is 18.2 Å². The number of sulfone groups is 1. The van der Waals surface area contributed by atoms with Gasteiger partial charge in [0.2, 0.25) is 0 Å². The minimum atomic E-state index is -3.42. The molecule has 2 aromatic rings. The van der Waals surface area contributed by atoms with Crippen molar-refractivity contribution in [1.82, 2.24) is 4.98 Å². The fourth-order valence-corrected chi connectivity index (χ4v) is 3.79. The lowest BCUT2D eigenvalue weighted by molar-refractivity contribution is -0.111. The highest BCUT2D eigenvalue weighted by Gasteiger charge is 2.34. The first-order valence-electron chi connectivity index (χ1n) is 8.87. The first-order chi connectivity index (χ1) is 13.6. The molecule has 5 nitrogen and oxygen atoms in total. The number of amides is 1. The molecule has 1 aliphatic rings. The van der Waals surface area contributed by atoms with E-state index in [0.717, 1.165) is 18.5 Å². The van der Waals surface area contributed by atoms with Crippen LogP contribution in [0.1, 0.15) is 18.4 Å². The smallest absolute Gasteiger partial charge is 0.257 e. The third-order valence-electron chi connectivity index (χ3n) is 4.66. The van der Waals surface area contributed by atoms with Crippen molar-refractivity contribution < 1.29 is 26.4 Å². The van der Waals surface area contributed by atoms with Crippen LogP contribution in [0.4, 0.5) is 19.0 Å². The number of anilines is 1. The van der Waals surface area contributed by atoms with E-state index in [9.17, 15) is 26.4 Å². The monoisotopic (exact) mass is 424 g/mol. The van der Waals surface area contributed by atoms with E-state index in [1.165, 1.54) is 36.4 Å². The summed E-state index contributed by atoms with van der Waals surface area (Å²) in [4.78, 5) is 16.7. The Bertz CT molecular complexity index is 1010. The number of allylic oxidation sites excluding steroid dienone is 1. The maximum atomic E-state index is 13.6. The molecule has 1 aromatic heterocycles. The third-order valence-corrected chi connectivity index (χ3v) is 5.79. The molecule has 2 unspecified atom stereocenters. The van der Waals surface area contributed by atoms with Crippen molar-refractivity contribution in [2.45, 2.75) is 30.1 Å². The molecule has 0 bridgehead atoms. The summed E-state index contributed by atoms with van der Waals surface area (Å²) in [6, 6.07) is 8.02. The van der Waals surface area contributed by atoms with Crippen LogP contribution in [-0.2, 0) is 14.6 Å². The van der Waals surface area contributed by atoms with E-state index in [1.54, 1.807) is 0 Å². The number of benzene rings is 1. The summed E-state index contributed by atoms with van der Waals surface area (Å²) in [5.41, 5.74) is 0.511. The molecule has 29 heavy (non-hydrogen) atoms. The van der Waals surface area contributed by atoms with Gasteiger partial charge in [0.25, 0.3) is 5.91 Å². The SMILES string of the molecule is CS(=O)(=O)c1ccc(/C(=C\C2CC(F)C(F)C2)C(=O)Nc2ccc(F)cn2)cc1. The number of alkyl halides is 2. The zero-order valence-electron chi connectivity index (χ0n) is 15.5. The molecule has 2 atom stereocenters. The second-order valence-electron chi connectivity index (χ2n) is 6.96. The van der Waals surface area contributed by atoms with Crippen molar-refractivity contribution in [3.8, 4) is 0 Å². The number of rotatable bonds is 5. The van der Waals surface area contributed by atoms with Gasteiger partial charge in [0.1, 0.15) is 24.0 Å². The van der Waals surface area contributed by atoms with Crippen LogP contribution in [0.2, 0.25) is 0 Å². The summed E-state index contributed by atoms with van der Waals surface area (Å²) in [5.74, 6) is -1.55. The Hall–Kier alpha value is -2.68. The number of aromatic nitrogens is 1. The highest BCUT2D eigenvalue weighted by molar-refractivity contribution is 7.90. The molecule has 1 N–H and O–H groups in total. The van der Waals surface area contributed by atoms with Gasteiger partial charge in [-0.05, 0) is 48.6 Å². The summed E-state index contributed by atoms with van der Waals surface area (Å²) in [6.45, 7) is 0. The number of halogens is 3. The second-order valence-corrected chi connectivity index (χ2v) is 8.97. The number of hydrogen-bond donors (Lipinski definition) is 1. The standard InChI is InChI=1S/C20H19F3N2O3S/c1-29(27,28)15-5-2-13(3-6-15)16(8-12-9-17(22)18(23)10-12)20(26)25-19-7-4-14(21)11-24-19/h2-8,11-12,17-18H,9-10H2,1H3,(H,24,25,26)/b16-8+. The van der Waals surface area contributed by atoms with Gasteiger partial charge in [0, 0.05) is 11.8 Å². The second kappa shape index (κ2) is 8.36. The molecule has 9 heteroatoms. The molecular weight excluding hydrogens is 405 g/mol.